The van der Waals surface area contributed by atoms with E-state index < -0.39 is 0 Å². The molecule has 0 amide bonds. The van der Waals surface area contributed by atoms with Gasteiger partial charge in [-0.25, -0.2) is 4.98 Å². The van der Waals surface area contributed by atoms with Gasteiger partial charge in [0.15, 0.2) is 0 Å². The van der Waals surface area contributed by atoms with Crippen molar-refractivity contribution in [1.82, 2.24) is 9.55 Å². The molecule has 1 aliphatic rings. The first-order chi connectivity index (χ1) is 8.25. The maximum absolute atomic E-state index is 4.31. The topological polar surface area (TPSA) is 17.8 Å². The molecular weight excluding hydrogens is 208 g/mol. The number of hydrogen-bond donors (Lipinski definition) is 0. The molecule has 1 aliphatic carbocycles. The minimum absolute atomic E-state index is 0.383. The van der Waals surface area contributed by atoms with E-state index in [2.05, 4.69) is 47.7 Å². The van der Waals surface area contributed by atoms with Crippen molar-refractivity contribution in [3.8, 4) is 0 Å². The third-order valence-corrected chi connectivity index (χ3v) is 3.67. The number of aromatic nitrogens is 2. The zero-order chi connectivity index (χ0) is 11.8. The molecule has 1 heterocycles. The number of imidazole rings is 1. The summed E-state index contributed by atoms with van der Waals surface area (Å²) >= 11 is 0. The lowest BCUT2D eigenvalue weighted by Gasteiger charge is -2.17. The van der Waals surface area contributed by atoms with Crippen molar-refractivity contribution in [2.24, 2.45) is 0 Å². The van der Waals surface area contributed by atoms with Crippen molar-refractivity contribution in [2.75, 3.05) is 0 Å². The van der Waals surface area contributed by atoms with E-state index in [0.717, 1.165) is 5.92 Å². The maximum Gasteiger partial charge on any atom is 0.0953 e. The maximum atomic E-state index is 4.31. The van der Waals surface area contributed by atoms with Crippen molar-refractivity contribution in [2.45, 2.75) is 38.6 Å². The lowest BCUT2D eigenvalue weighted by molar-refractivity contribution is 0.609. The second-order valence-corrected chi connectivity index (χ2v) is 5.09. The van der Waals surface area contributed by atoms with E-state index >= 15 is 0 Å². The number of rotatable bonds is 3. The Kier molecular flexibility index (Phi) is 2.50. The van der Waals surface area contributed by atoms with Crippen LogP contribution in [-0.4, -0.2) is 9.55 Å². The molecule has 0 aliphatic heterocycles. The molecule has 0 radical (unpaired) electrons. The summed E-state index contributed by atoms with van der Waals surface area (Å²) in [5.74, 6) is 0.755. The molecule has 2 aromatic rings. The van der Waals surface area contributed by atoms with Crippen LogP contribution in [0.4, 0.5) is 0 Å². The fraction of sp³-hybridized carbons (Fsp3) is 0.400. The van der Waals surface area contributed by atoms with Gasteiger partial charge < -0.3 is 4.57 Å². The smallest absolute Gasteiger partial charge is 0.0953 e. The fourth-order valence-electron chi connectivity index (χ4n) is 2.34. The monoisotopic (exact) mass is 226 g/mol. The van der Waals surface area contributed by atoms with Crippen molar-refractivity contribution in [1.29, 1.82) is 0 Å². The number of benzene rings is 1. The number of nitrogens with zero attached hydrogens (tertiary/aromatic N) is 2. The van der Waals surface area contributed by atoms with Gasteiger partial charge in [0.1, 0.15) is 0 Å². The lowest BCUT2D eigenvalue weighted by Crippen LogP contribution is -2.08. The van der Waals surface area contributed by atoms with Gasteiger partial charge in [-0.1, -0.05) is 29.8 Å². The minimum Gasteiger partial charge on any atom is -0.327 e. The largest absolute Gasteiger partial charge is 0.327 e. The van der Waals surface area contributed by atoms with E-state index in [1.807, 2.05) is 12.5 Å². The van der Waals surface area contributed by atoms with Gasteiger partial charge in [-0.3, -0.25) is 0 Å². The second kappa shape index (κ2) is 4.02. The van der Waals surface area contributed by atoms with E-state index in [1.54, 1.807) is 0 Å². The molecule has 1 atom stereocenters. The van der Waals surface area contributed by atoms with Gasteiger partial charge in [0.2, 0.25) is 0 Å². The van der Waals surface area contributed by atoms with Crippen LogP contribution in [0, 0.1) is 6.92 Å². The summed E-state index contributed by atoms with van der Waals surface area (Å²) in [7, 11) is 0. The van der Waals surface area contributed by atoms with Crippen molar-refractivity contribution < 1.29 is 0 Å². The van der Waals surface area contributed by atoms with Crippen LogP contribution in [-0.2, 0) is 0 Å². The minimum atomic E-state index is 0.383. The Hall–Kier alpha value is -1.57. The Labute approximate surface area is 102 Å². The van der Waals surface area contributed by atoms with Gasteiger partial charge in [-0.05, 0) is 32.3 Å². The summed E-state index contributed by atoms with van der Waals surface area (Å²) in [6, 6.07) is 9.18. The average Bonchev–Trinajstić information content (AvgIpc) is 3.07. The highest BCUT2D eigenvalue weighted by Gasteiger charge is 2.28. The van der Waals surface area contributed by atoms with Crippen molar-refractivity contribution in [3.05, 3.63) is 53.6 Å². The lowest BCUT2D eigenvalue weighted by atomic mass is 10.1. The van der Waals surface area contributed by atoms with Crippen LogP contribution in [0.5, 0.6) is 0 Å². The van der Waals surface area contributed by atoms with Gasteiger partial charge in [-0.15, -0.1) is 0 Å². The SMILES string of the molecule is Cc1ccc(C(C)n2cncc2C2CC2)cc1. The van der Waals surface area contributed by atoms with E-state index in [4.69, 9.17) is 0 Å². The molecule has 1 unspecified atom stereocenters. The summed E-state index contributed by atoms with van der Waals surface area (Å²) in [5.41, 5.74) is 4.07. The average molecular weight is 226 g/mol. The molecule has 88 valence electrons. The molecule has 1 saturated carbocycles. The molecule has 3 rings (SSSR count). The Balaban J connectivity index is 1.92. The molecule has 2 heteroatoms. The van der Waals surface area contributed by atoms with E-state index in [0.29, 0.717) is 6.04 Å². The van der Waals surface area contributed by atoms with Gasteiger partial charge in [0.05, 0.1) is 12.4 Å². The summed E-state index contributed by atoms with van der Waals surface area (Å²) in [6.45, 7) is 4.37. The summed E-state index contributed by atoms with van der Waals surface area (Å²) in [4.78, 5) is 4.31. The van der Waals surface area contributed by atoms with E-state index in [1.165, 1.54) is 29.7 Å². The predicted molar refractivity (Wildman–Crippen MR) is 69.2 cm³/mol. The van der Waals surface area contributed by atoms with Crippen molar-refractivity contribution >= 4 is 0 Å². The fourth-order valence-corrected chi connectivity index (χ4v) is 2.34. The highest BCUT2D eigenvalue weighted by molar-refractivity contribution is 5.26. The molecule has 1 fully saturated rings. The van der Waals surface area contributed by atoms with Crippen LogP contribution in [0.3, 0.4) is 0 Å². The molecule has 0 saturated heterocycles. The number of hydrogen-bond acceptors (Lipinski definition) is 1. The second-order valence-electron chi connectivity index (χ2n) is 5.09. The van der Waals surface area contributed by atoms with Gasteiger partial charge in [-0.2, -0.15) is 0 Å². The standard InChI is InChI=1S/C15H18N2/c1-11-3-5-13(6-4-11)12(2)17-10-16-9-15(17)14-7-8-14/h3-6,9-10,12,14H,7-8H2,1-2H3. The predicted octanol–water partition coefficient (Wildman–Crippen LogP) is 3.68. The van der Waals surface area contributed by atoms with E-state index in [-0.39, 0.29) is 0 Å². The molecule has 1 aromatic heterocycles. The van der Waals surface area contributed by atoms with Gasteiger partial charge in [0, 0.05) is 17.8 Å². The van der Waals surface area contributed by atoms with Crippen LogP contribution in [0.1, 0.15) is 48.5 Å². The van der Waals surface area contributed by atoms with Crippen LogP contribution < -0.4 is 0 Å². The zero-order valence-electron chi connectivity index (χ0n) is 10.4. The van der Waals surface area contributed by atoms with Crippen LogP contribution >= 0.6 is 0 Å². The van der Waals surface area contributed by atoms with E-state index in [9.17, 15) is 0 Å². The van der Waals surface area contributed by atoms with Crippen LogP contribution in [0.25, 0.3) is 0 Å². The molecule has 1 aromatic carbocycles. The van der Waals surface area contributed by atoms with Crippen LogP contribution in [0.2, 0.25) is 0 Å². The van der Waals surface area contributed by atoms with Crippen molar-refractivity contribution in [3.63, 3.8) is 0 Å². The Bertz CT molecular complexity index is 506. The molecule has 0 bridgehead atoms. The first-order valence-corrected chi connectivity index (χ1v) is 6.34. The van der Waals surface area contributed by atoms with Crippen LogP contribution in [0.15, 0.2) is 36.8 Å². The highest BCUT2D eigenvalue weighted by atomic mass is 15.1. The zero-order valence-corrected chi connectivity index (χ0v) is 10.4. The summed E-state index contributed by atoms with van der Waals surface area (Å²) in [6.07, 6.45) is 6.65. The molecule has 0 spiro atoms. The number of aryl methyl sites for hydroxylation is 1. The summed E-state index contributed by atoms with van der Waals surface area (Å²) in [5, 5.41) is 0. The quantitative estimate of drug-likeness (QED) is 0.780. The normalized spacial score (nSPS) is 17.1. The van der Waals surface area contributed by atoms with Gasteiger partial charge >= 0.3 is 0 Å². The summed E-state index contributed by atoms with van der Waals surface area (Å²) < 4.78 is 2.32. The van der Waals surface area contributed by atoms with Gasteiger partial charge in [0.25, 0.3) is 0 Å². The third kappa shape index (κ3) is 1.99. The first kappa shape index (κ1) is 10.6. The molecule has 17 heavy (non-hydrogen) atoms. The Morgan fingerprint density at radius 2 is 1.94 bits per heavy atom. The third-order valence-electron chi connectivity index (χ3n) is 3.67. The molecular formula is C15H18N2. The molecule has 2 nitrogen and oxygen atoms in total. The Morgan fingerprint density at radius 3 is 2.59 bits per heavy atom. The Morgan fingerprint density at radius 1 is 1.24 bits per heavy atom. The first-order valence-electron chi connectivity index (χ1n) is 6.34. The highest BCUT2D eigenvalue weighted by Crippen LogP contribution is 2.41. The molecule has 0 N–H and O–H groups in total.